The van der Waals surface area contributed by atoms with Crippen molar-refractivity contribution in [3.8, 4) is 11.5 Å². The molecule has 0 unspecified atom stereocenters. The first-order valence-electron chi connectivity index (χ1n) is 9.98. The van der Waals surface area contributed by atoms with Gasteiger partial charge in [0.25, 0.3) is 0 Å². The molecule has 0 bridgehead atoms. The van der Waals surface area contributed by atoms with Crippen LogP contribution in [0.1, 0.15) is 45.2 Å². The zero-order valence-corrected chi connectivity index (χ0v) is 16.3. The van der Waals surface area contributed by atoms with E-state index in [9.17, 15) is 9.59 Å². The van der Waals surface area contributed by atoms with Gasteiger partial charge in [0, 0.05) is 25.1 Å². The van der Waals surface area contributed by atoms with Crippen molar-refractivity contribution in [3.05, 3.63) is 30.2 Å². The van der Waals surface area contributed by atoms with Gasteiger partial charge in [-0.25, -0.2) is 0 Å². The summed E-state index contributed by atoms with van der Waals surface area (Å²) in [6, 6.07) is 5.44. The maximum atomic E-state index is 12.5. The number of likely N-dealkylation sites (tertiary alicyclic amines) is 1. The molecule has 3 heterocycles. The van der Waals surface area contributed by atoms with Crippen molar-refractivity contribution in [2.45, 2.75) is 52.2 Å². The molecule has 150 valence electrons. The molecule has 0 spiro atoms. The summed E-state index contributed by atoms with van der Waals surface area (Å²) in [5.74, 6) is 1.42. The quantitative estimate of drug-likeness (QED) is 0.729. The Morgan fingerprint density at radius 3 is 2.96 bits per heavy atom. The minimum Gasteiger partial charge on any atom is -0.461 e. The van der Waals surface area contributed by atoms with Gasteiger partial charge in [0.1, 0.15) is 12.3 Å². The normalized spacial score (nSPS) is 27.9. The minimum absolute atomic E-state index is 0.0185. The number of ether oxygens (including phenoxy) is 1. The summed E-state index contributed by atoms with van der Waals surface area (Å²) < 4.78 is 15.9. The highest BCUT2D eigenvalue weighted by molar-refractivity contribution is 5.87. The van der Waals surface area contributed by atoms with Crippen LogP contribution < -0.4 is 0 Å². The lowest BCUT2D eigenvalue weighted by Gasteiger charge is -2.39. The number of furan rings is 1. The van der Waals surface area contributed by atoms with E-state index in [1.54, 1.807) is 24.5 Å². The van der Waals surface area contributed by atoms with E-state index in [1.807, 2.05) is 4.90 Å². The molecule has 0 aromatic carbocycles. The maximum absolute atomic E-state index is 12.5. The van der Waals surface area contributed by atoms with Crippen LogP contribution in [0, 0.1) is 17.8 Å². The molecule has 4 atom stereocenters. The minimum atomic E-state index is -0.409. The number of amides is 1. The van der Waals surface area contributed by atoms with Crippen molar-refractivity contribution in [3.63, 3.8) is 0 Å². The van der Waals surface area contributed by atoms with Gasteiger partial charge in [-0.2, -0.15) is 0 Å². The van der Waals surface area contributed by atoms with Crippen molar-refractivity contribution in [2.24, 2.45) is 17.8 Å². The molecule has 7 nitrogen and oxygen atoms in total. The molecule has 4 rings (SSSR count). The highest BCUT2D eigenvalue weighted by Gasteiger charge is 2.42. The van der Waals surface area contributed by atoms with E-state index in [4.69, 9.17) is 13.7 Å². The fourth-order valence-electron chi connectivity index (χ4n) is 4.38. The van der Waals surface area contributed by atoms with E-state index in [0.717, 1.165) is 12.8 Å². The summed E-state index contributed by atoms with van der Waals surface area (Å²) >= 11 is 0. The lowest BCUT2D eigenvalue weighted by Crippen LogP contribution is -2.45. The molecular formula is C21H26N2O5. The standard InChI is InChI=1S/C21H26N2O5/c1-13-5-3-6-17(14(13)2)23-11-15(9-20(23)24)21(25)27-12-16-10-19(28-22-16)18-7-4-8-26-18/h4,7-8,10,13-15,17H,3,5-6,9,11-12H2,1-2H3/t13-,14-,15-,17-/m1/s1. The third kappa shape index (κ3) is 3.70. The second-order valence-corrected chi connectivity index (χ2v) is 8.05. The van der Waals surface area contributed by atoms with Gasteiger partial charge >= 0.3 is 5.97 Å². The van der Waals surface area contributed by atoms with Crippen molar-refractivity contribution < 1.29 is 23.3 Å². The summed E-state index contributed by atoms with van der Waals surface area (Å²) in [6.45, 7) is 4.94. The summed E-state index contributed by atoms with van der Waals surface area (Å²) in [7, 11) is 0. The molecule has 0 radical (unpaired) electrons. The molecular weight excluding hydrogens is 360 g/mol. The first kappa shape index (κ1) is 18.8. The largest absolute Gasteiger partial charge is 0.461 e. The van der Waals surface area contributed by atoms with Crippen molar-refractivity contribution in [2.75, 3.05) is 6.54 Å². The Balaban J connectivity index is 1.32. The van der Waals surface area contributed by atoms with Gasteiger partial charge < -0.3 is 18.6 Å². The smallest absolute Gasteiger partial charge is 0.311 e. The number of esters is 1. The van der Waals surface area contributed by atoms with Gasteiger partial charge in [-0.3, -0.25) is 9.59 Å². The fraction of sp³-hybridized carbons (Fsp3) is 0.571. The molecule has 2 fully saturated rings. The van der Waals surface area contributed by atoms with E-state index >= 15 is 0 Å². The Kier molecular flexibility index (Phi) is 5.24. The van der Waals surface area contributed by atoms with E-state index in [2.05, 4.69) is 19.0 Å². The van der Waals surface area contributed by atoms with Gasteiger partial charge in [-0.1, -0.05) is 31.8 Å². The molecule has 28 heavy (non-hydrogen) atoms. The third-order valence-corrected chi connectivity index (χ3v) is 6.24. The molecule has 1 aliphatic heterocycles. The van der Waals surface area contributed by atoms with Crippen molar-refractivity contribution in [1.29, 1.82) is 0 Å². The van der Waals surface area contributed by atoms with Crippen molar-refractivity contribution >= 4 is 11.9 Å². The summed E-state index contributed by atoms with van der Waals surface area (Å²) in [5, 5.41) is 3.90. The van der Waals surface area contributed by atoms with Gasteiger partial charge in [-0.05, 0) is 30.4 Å². The molecule has 7 heteroatoms. The van der Waals surface area contributed by atoms with Gasteiger partial charge in [-0.15, -0.1) is 0 Å². The van der Waals surface area contributed by atoms with E-state index < -0.39 is 5.92 Å². The molecule has 2 aromatic heterocycles. The van der Waals surface area contributed by atoms with Crippen LogP contribution in [0.3, 0.4) is 0 Å². The Bertz CT molecular complexity index is 828. The highest BCUT2D eigenvalue weighted by atomic mass is 16.5. The number of nitrogens with zero attached hydrogens (tertiary/aromatic N) is 2. The highest BCUT2D eigenvalue weighted by Crippen LogP contribution is 2.36. The Labute approximate surface area is 164 Å². The number of aromatic nitrogens is 1. The molecule has 2 aromatic rings. The number of hydrogen-bond donors (Lipinski definition) is 0. The van der Waals surface area contributed by atoms with Gasteiger partial charge in [0.15, 0.2) is 5.76 Å². The lowest BCUT2D eigenvalue weighted by molar-refractivity contribution is -0.149. The average Bonchev–Trinajstić information content (AvgIpc) is 3.42. The second-order valence-electron chi connectivity index (χ2n) is 8.05. The van der Waals surface area contributed by atoms with E-state index in [-0.39, 0.29) is 30.9 Å². The third-order valence-electron chi connectivity index (χ3n) is 6.24. The molecule has 2 aliphatic rings. The first-order valence-corrected chi connectivity index (χ1v) is 9.98. The van der Waals surface area contributed by atoms with E-state index in [0.29, 0.717) is 35.6 Å². The van der Waals surface area contributed by atoms with Crippen LogP contribution >= 0.6 is 0 Å². The second kappa shape index (κ2) is 7.81. The summed E-state index contributed by atoms with van der Waals surface area (Å²) in [6.07, 6.45) is 5.15. The molecule has 1 saturated carbocycles. The van der Waals surface area contributed by atoms with Crippen LogP contribution in [0.2, 0.25) is 0 Å². The number of carbonyl (C=O) groups is 2. The zero-order chi connectivity index (χ0) is 19.7. The molecule has 1 aliphatic carbocycles. The Morgan fingerprint density at radius 1 is 1.32 bits per heavy atom. The number of hydrogen-bond acceptors (Lipinski definition) is 6. The number of rotatable bonds is 5. The van der Waals surface area contributed by atoms with Crippen LogP contribution in [0.15, 0.2) is 33.4 Å². The summed E-state index contributed by atoms with van der Waals surface area (Å²) in [5.41, 5.74) is 0.510. The zero-order valence-electron chi connectivity index (χ0n) is 16.3. The van der Waals surface area contributed by atoms with Crippen LogP contribution in [0.4, 0.5) is 0 Å². The van der Waals surface area contributed by atoms with Gasteiger partial charge in [0.2, 0.25) is 11.7 Å². The first-order chi connectivity index (χ1) is 13.5. The van der Waals surface area contributed by atoms with Gasteiger partial charge in [0.05, 0.1) is 12.2 Å². The van der Waals surface area contributed by atoms with Crippen LogP contribution in [0.25, 0.3) is 11.5 Å². The lowest BCUT2D eigenvalue weighted by atomic mass is 9.77. The topological polar surface area (TPSA) is 85.8 Å². The average molecular weight is 386 g/mol. The molecule has 1 amide bonds. The predicted molar refractivity (Wildman–Crippen MR) is 99.8 cm³/mol. The van der Waals surface area contributed by atoms with E-state index in [1.165, 1.54) is 6.42 Å². The Hall–Kier alpha value is -2.57. The predicted octanol–water partition coefficient (Wildman–Crippen LogP) is 3.65. The molecule has 0 N–H and O–H groups in total. The maximum Gasteiger partial charge on any atom is 0.311 e. The SMILES string of the molecule is C[C@@H]1[C@H](C)CCC[C@H]1N1C[C@H](C(=O)OCc2cc(-c3ccco3)on2)CC1=O. The van der Waals surface area contributed by atoms with Crippen LogP contribution in [0.5, 0.6) is 0 Å². The molecule has 1 saturated heterocycles. The van der Waals surface area contributed by atoms with Crippen LogP contribution in [-0.4, -0.2) is 34.5 Å². The number of carbonyl (C=O) groups excluding carboxylic acids is 2. The monoisotopic (exact) mass is 386 g/mol. The summed E-state index contributed by atoms with van der Waals surface area (Å²) in [4.78, 5) is 26.9. The fourth-order valence-corrected chi connectivity index (χ4v) is 4.38. The van der Waals surface area contributed by atoms with Crippen molar-refractivity contribution in [1.82, 2.24) is 10.1 Å². The Morgan fingerprint density at radius 2 is 2.18 bits per heavy atom. The van der Waals surface area contributed by atoms with Crippen LogP contribution in [-0.2, 0) is 20.9 Å².